The van der Waals surface area contributed by atoms with E-state index >= 15 is 0 Å². The molecule has 0 aliphatic heterocycles. The molecule has 138 valence electrons. The molecule has 0 aliphatic rings. The van der Waals surface area contributed by atoms with Crippen molar-refractivity contribution in [3.8, 4) is 22.4 Å². The van der Waals surface area contributed by atoms with Crippen LogP contribution in [0.3, 0.4) is 0 Å². The molecule has 0 bridgehead atoms. The highest BCUT2D eigenvalue weighted by atomic mass is 32.2. The van der Waals surface area contributed by atoms with Gasteiger partial charge < -0.3 is 11.5 Å². The summed E-state index contributed by atoms with van der Waals surface area (Å²) in [7, 11) is 0. The third kappa shape index (κ3) is 3.77. The fourth-order valence-electron chi connectivity index (χ4n) is 2.68. The molecule has 2 heterocycles. The smallest absolute Gasteiger partial charge is 0.141 e. The maximum atomic E-state index is 14.8. The van der Waals surface area contributed by atoms with Gasteiger partial charge in [-0.15, -0.1) is 0 Å². The van der Waals surface area contributed by atoms with Crippen LogP contribution in [-0.4, -0.2) is 19.9 Å². The summed E-state index contributed by atoms with van der Waals surface area (Å²) in [6, 6.07) is 14.4. The number of rotatable bonds is 4. The molecule has 0 fully saturated rings. The minimum Gasteiger partial charge on any atom is -0.384 e. The Balaban J connectivity index is 1.70. The number of halogens is 1. The Hall–Kier alpha value is -3.52. The fourth-order valence-corrected chi connectivity index (χ4v) is 3.63. The van der Waals surface area contributed by atoms with Crippen molar-refractivity contribution in [1.82, 2.24) is 19.9 Å². The van der Waals surface area contributed by atoms with E-state index in [0.29, 0.717) is 22.1 Å². The van der Waals surface area contributed by atoms with E-state index in [1.807, 2.05) is 30.3 Å². The first-order valence-corrected chi connectivity index (χ1v) is 9.14. The fraction of sp³-hybridized carbons (Fsp3) is 0. The van der Waals surface area contributed by atoms with Gasteiger partial charge in [0.1, 0.15) is 28.8 Å². The van der Waals surface area contributed by atoms with E-state index in [9.17, 15) is 4.39 Å². The summed E-state index contributed by atoms with van der Waals surface area (Å²) in [4.78, 5) is 17.2. The van der Waals surface area contributed by atoms with E-state index in [2.05, 4.69) is 19.9 Å². The molecule has 8 heteroatoms. The predicted octanol–water partition coefficient (Wildman–Crippen LogP) is 4.06. The Labute approximate surface area is 164 Å². The van der Waals surface area contributed by atoms with Crippen molar-refractivity contribution < 1.29 is 4.39 Å². The van der Waals surface area contributed by atoms with Gasteiger partial charge >= 0.3 is 0 Å². The summed E-state index contributed by atoms with van der Waals surface area (Å²) >= 11 is 1.44. The van der Waals surface area contributed by atoms with Crippen LogP contribution >= 0.6 is 11.8 Å². The Bertz CT molecular complexity index is 1130. The maximum Gasteiger partial charge on any atom is 0.141 e. The standard InChI is InChI=1S/C20H15FN6S/c21-15-7-12(5-6-14(15)16-9-25-19(23)10-24-16)13-3-1-2-4-17(13)28-20-8-18(22)26-11-27-20/h1-11H,(H2,23,25)(H2,22,26,27). The molecule has 28 heavy (non-hydrogen) atoms. The highest BCUT2D eigenvalue weighted by Gasteiger charge is 2.12. The van der Waals surface area contributed by atoms with Crippen LogP contribution in [0, 0.1) is 5.82 Å². The van der Waals surface area contributed by atoms with Crippen molar-refractivity contribution in [2.24, 2.45) is 0 Å². The van der Waals surface area contributed by atoms with E-state index in [1.54, 1.807) is 12.1 Å². The van der Waals surface area contributed by atoms with Crippen molar-refractivity contribution >= 4 is 23.4 Å². The van der Waals surface area contributed by atoms with Crippen LogP contribution in [0.25, 0.3) is 22.4 Å². The van der Waals surface area contributed by atoms with Crippen molar-refractivity contribution in [1.29, 1.82) is 0 Å². The zero-order chi connectivity index (χ0) is 19.5. The second-order valence-electron chi connectivity index (χ2n) is 5.90. The molecule has 2 aromatic carbocycles. The molecule has 4 aromatic rings. The maximum absolute atomic E-state index is 14.8. The van der Waals surface area contributed by atoms with Gasteiger partial charge in [0, 0.05) is 16.5 Å². The second-order valence-corrected chi connectivity index (χ2v) is 6.96. The molecule has 0 saturated heterocycles. The van der Waals surface area contributed by atoms with Gasteiger partial charge in [-0.1, -0.05) is 36.0 Å². The summed E-state index contributed by atoms with van der Waals surface area (Å²) in [6.45, 7) is 0. The third-order valence-corrected chi connectivity index (χ3v) is 5.00. The van der Waals surface area contributed by atoms with Crippen LogP contribution in [0.15, 0.2) is 77.2 Å². The van der Waals surface area contributed by atoms with Gasteiger partial charge in [0.05, 0.1) is 18.1 Å². The lowest BCUT2D eigenvalue weighted by Crippen LogP contribution is -1.95. The molecule has 4 rings (SSSR count). The molecule has 2 aromatic heterocycles. The van der Waals surface area contributed by atoms with Crippen LogP contribution in [0.5, 0.6) is 0 Å². The monoisotopic (exact) mass is 390 g/mol. The second kappa shape index (κ2) is 7.61. The number of nitrogen functional groups attached to an aromatic ring is 2. The van der Waals surface area contributed by atoms with Gasteiger partial charge in [0.25, 0.3) is 0 Å². The topological polar surface area (TPSA) is 104 Å². The van der Waals surface area contributed by atoms with Gasteiger partial charge in [0.2, 0.25) is 0 Å². The van der Waals surface area contributed by atoms with Gasteiger partial charge in [-0.3, -0.25) is 4.98 Å². The van der Waals surface area contributed by atoms with Gasteiger partial charge in [0.15, 0.2) is 0 Å². The summed E-state index contributed by atoms with van der Waals surface area (Å²) in [5, 5.41) is 0.717. The molecular formula is C20H15FN6S. The van der Waals surface area contributed by atoms with Crippen molar-refractivity contribution in [2.45, 2.75) is 9.92 Å². The highest BCUT2D eigenvalue weighted by molar-refractivity contribution is 7.99. The number of hydrogen-bond acceptors (Lipinski definition) is 7. The minimum absolute atomic E-state index is 0.289. The lowest BCUT2D eigenvalue weighted by molar-refractivity contribution is 0.631. The van der Waals surface area contributed by atoms with E-state index in [4.69, 9.17) is 11.5 Å². The number of nitrogens with two attached hydrogens (primary N) is 2. The Morgan fingerprint density at radius 2 is 1.64 bits per heavy atom. The minimum atomic E-state index is -0.386. The Morgan fingerprint density at radius 1 is 0.786 bits per heavy atom. The van der Waals surface area contributed by atoms with Crippen LogP contribution in [0.4, 0.5) is 16.0 Å². The molecular weight excluding hydrogens is 375 g/mol. The molecule has 6 nitrogen and oxygen atoms in total. The van der Waals surface area contributed by atoms with Crippen LogP contribution in [0.1, 0.15) is 0 Å². The summed E-state index contributed by atoms with van der Waals surface area (Å²) in [5.41, 5.74) is 13.7. The molecule has 0 saturated carbocycles. The largest absolute Gasteiger partial charge is 0.384 e. The number of anilines is 2. The molecule has 0 atom stereocenters. The third-order valence-electron chi connectivity index (χ3n) is 3.99. The summed E-state index contributed by atoms with van der Waals surface area (Å²) in [6.07, 6.45) is 4.28. The number of nitrogens with zero attached hydrogens (tertiary/aromatic N) is 4. The molecule has 0 unspecified atom stereocenters. The Morgan fingerprint density at radius 3 is 2.39 bits per heavy atom. The van der Waals surface area contributed by atoms with Gasteiger partial charge in [-0.25, -0.2) is 19.3 Å². The van der Waals surface area contributed by atoms with E-state index in [1.165, 1.54) is 36.5 Å². The van der Waals surface area contributed by atoms with E-state index in [0.717, 1.165) is 16.0 Å². The average molecular weight is 390 g/mol. The number of aromatic nitrogens is 4. The first-order valence-electron chi connectivity index (χ1n) is 8.32. The van der Waals surface area contributed by atoms with Crippen LogP contribution < -0.4 is 11.5 Å². The molecule has 0 radical (unpaired) electrons. The van der Waals surface area contributed by atoms with Crippen molar-refractivity contribution in [2.75, 3.05) is 11.5 Å². The highest BCUT2D eigenvalue weighted by Crippen LogP contribution is 2.36. The molecule has 0 spiro atoms. The molecule has 4 N–H and O–H groups in total. The van der Waals surface area contributed by atoms with Crippen LogP contribution in [-0.2, 0) is 0 Å². The SMILES string of the molecule is Nc1cnc(-c2ccc(-c3ccccc3Sc3cc(N)ncn3)cc2F)cn1. The summed E-state index contributed by atoms with van der Waals surface area (Å²) < 4.78 is 14.8. The zero-order valence-corrected chi connectivity index (χ0v) is 15.4. The van der Waals surface area contributed by atoms with E-state index in [-0.39, 0.29) is 11.6 Å². The Kier molecular flexibility index (Phi) is 4.86. The lowest BCUT2D eigenvalue weighted by atomic mass is 10.0. The van der Waals surface area contributed by atoms with E-state index < -0.39 is 0 Å². The molecule has 0 aliphatic carbocycles. The average Bonchev–Trinajstić information content (AvgIpc) is 2.69. The predicted molar refractivity (Wildman–Crippen MR) is 108 cm³/mol. The van der Waals surface area contributed by atoms with Gasteiger partial charge in [-0.2, -0.15) is 0 Å². The number of benzene rings is 2. The first kappa shape index (κ1) is 17.9. The first-order chi connectivity index (χ1) is 13.6. The zero-order valence-electron chi connectivity index (χ0n) is 14.6. The van der Waals surface area contributed by atoms with Gasteiger partial charge in [-0.05, 0) is 29.3 Å². The lowest BCUT2D eigenvalue weighted by Gasteiger charge is -2.11. The van der Waals surface area contributed by atoms with Crippen molar-refractivity contribution in [3.05, 3.63) is 73.1 Å². The number of hydrogen-bond donors (Lipinski definition) is 2. The van der Waals surface area contributed by atoms with Crippen molar-refractivity contribution in [3.63, 3.8) is 0 Å². The normalized spacial score (nSPS) is 10.8. The summed E-state index contributed by atoms with van der Waals surface area (Å²) in [5.74, 6) is 0.301. The van der Waals surface area contributed by atoms with Crippen LogP contribution in [0.2, 0.25) is 0 Å². The molecule has 0 amide bonds. The quantitative estimate of drug-likeness (QED) is 0.507.